The number of nitrogens with two attached hydrogens (primary N) is 1. The lowest BCUT2D eigenvalue weighted by molar-refractivity contribution is 0.0697. The minimum atomic E-state index is -1.17. The van der Waals surface area contributed by atoms with Crippen molar-refractivity contribution in [3.63, 3.8) is 0 Å². The molecule has 3 N–H and O–H groups in total. The van der Waals surface area contributed by atoms with Crippen LogP contribution in [0.4, 0.5) is 10.5 Å². The first-order valence-corrected chi connectivity index (χ1v) is 4.08. The number of amides is 2. The predicted molar refractivity (Wildman–Crippen MR) is 52.9 cm³/mol. The zero-order valence-corrected chi connectivity index (χ0v) is 7.95. The van der Waals surface area contributed by atoms with Crippen LogP contribution in [0.2, 0.25) is 0 Å². The lowest BCUT2D eigenvalue weighted by Gasteiger charge is -1.98. The summed E-state index contributed by atoms with van der Waals surface area (Å²) >= 11 is 0. The number of benzene rings is 1. The zero-order valence-electron chi connectivity index (χ0n) is 7.95. The summed E-state index contributed by atoms with van der Waals surface area (Å²) in [5.41, 5.74) is 4.77. The molecule has 1 aromatic rings. The molecule has 0 saturated heterocycles. The fourth-order valence-electron chi connectivity index (χ4n) is 0.976. The summed E-state index contributed by atoms with van der Waals surface area (Å²) in [4.78, 5) is 31.6. The van der Waals surface area contributed by atoms with Gasteiger partial charge in [-0.05, 0) is 18.2 Å². The molecular weight excluding hydrogens is 214 g/mol. The number of nitrogens with zero attached hydrogens (tertiary/aromatic N) is 2. The molecule has 1 rings (SSSR count). The van der Waals surface area contributed by atoms with Gasteiger partial charge in [0.05, 0.1) is 11.3 Å². The smallest absolute Gasteiger partial charge is 0.356 e. The number of carbonyl (C=O) groups is 3. The first kappa shape index (κ1) is 11.5. The number of hydrogen-bond acceptors (Lipinski definition) is 4. The average Bonchev–Trinajstić information content (AvgIpc) is 2.25. The number of azo groups is 1. The second-order valence-corrected chi connectivity index (χ2v) is 2.73. The van der Waals surface area contributed by atoms with Gasteiger partial charge in [0.1, 0.15) is 0 Å². The fraction of sp³-hybridized carbons (Fsp3) is 0. The number of carboxylic acid groups (broad SMARTS) is 1. The van der Waals surface area contributed by atoms with Crippen molar-refractivity contribution in [3.05, 3.63) is 29.3 Å². The van der Waals surface area contributed by atoms with Crippen LogP contribution < -0.4 is 5.73 Å². The third kappa shape index (κ3) is 2.71. The first-order valence-electron chi connectivity index (χ1n) is 4.08. The molecule has 0 atom stereocenters. The van der Waals surface area contributed by atoms with Crippen LogP contribution in [0.5, 0.6) is 0 Å². The topological polar surface area (TPSA) is 122 Å². The lowest BCUT2D eigenvalue weighted by atomic mass is 10.1. The number of urea groups is 1. The SMILES string of the molecule is NC(=O)/N=N/c1ccc(C(=O)O)cc1C=O. The van der Waals surface area contributed by atoms with Crippen LogP contribution in [0.1, 0.15) is 20.7 Å². The number of rotatable bonds is 3. The number of hydrogen-bond donors (Lipinski definition) is 2. The van der Waals surface area contributed by atoms with Gasteiger partial charge in [0, 0.05) is 5.56 Å². The molecule has 0 aliphatic rings. The van der Waals surface area contributed by atoms with E-state index in [9.17, 15) is 14.4 Å². The van der Waals surface area contributed by atoms with Gasteiger partial charge in [-0.15, -0.1) is 5.11 Å². The highest BCUT2D eigenvalue weighted by atomic mass is 16.4. The van der Waals surface area contributed by atoms with Crippen molar-refractivity contribution in [1.82, 2.24) is 0 Å². The van der Waals surface area contributed by atoms with Crippen LogP contribution in [0.15, 0.2) is 28.4 Å². The summed E-state index contributed by atoms with van der Waals surface area (Å²) in [6, 6.07) is 2.63. The first-order chi connectivity index (χ1) is 7.54. The van der Waals surface area contributed by atoms with E-state index in [1.165, 1.54) is 12.1 Å². The number of carbonyl (C=O) groups excluding carboxylic acids is 2. The van der Waals surface area contributed by atoms with E-state index in [2.05, 4.69) is 10.2 Å². The normalized spacial score (nSPS) is 10.2. The highest BCUT2D eigenvalue weighted by molar-refractivity contribution is 5.92. The Hall–Kier alpha value is -2.57. The Morgan fingerprint density at radius 2 is 2.06 bits per heavy atom. The highest BCUT2D eigenvalue weighted by Crippen LogP contribution is 2.19. The summed E-state index contributed by atoms with van der Waals surface area (Å²) in [7, 11) is 0. The summed E-state index contributed by atoms with van der Waals surface area (Å²) in [5, 5.41) is 15.1. The maximum atomic E-state index is 10.6. The van der Waals surface area contributed by atoms with Crippen LogP contribution in [-0.4, -0.2) is 23.4 Å². The van der Waals surface area contributed by atoms with E-state index in [1.807, 2.05) is 0 Å². The van der Waals surface area contributed by atoms with E-state index in [-0.39, 0.29) is 16.8 Å². The Kier molecular flexibility index (Phi) is 3.44. The van der Waals surface area contributed by atoms with Crippen molar-refractivity contribution in [1.29, 1.82) is 0 Å². The molecule has 0 aliphatic carbocycles. The molecule has 0 heterocycles. The Morgan fingerprint density at radius 1 is 1.38 bits per heavy atom. The Morgan fingerprint density at radius 3 is 2.56 bits per heavy atom. The maximum absolute atomic E-state index is 10.6. The molecule has 1 aromatic carbocycles. The summed E-state index contributed by atoms with van der Waals surface area (Å²) in [6.45, 7) is 0. The molecular formula is C9H7N3O4. The Labute approximate surface area is 89.6 Å². The van der Waals surface area contributed by atoms with Crippen LogP contribution in [-0.2, 0) is 0 Å². The maximum Gasteiger partial charge on any atom is 0.356 e. The zero-order chi connectivity index (χ0) is 12.1. The van der Waals surface area contributed by atoms with E-state index in [1.54, 1.807) is 0 Å². The lowest BCUT2D eigenvalue weighted by Crippen LogP contribution is -2.02. The van der Waals surface area contributed by atoms with E-state index >= 15 is 0 Å². The molecule has 82 valence electrons. The largest absolute Gasteiger partial charge is 0.478 e. The second kappa shape index (κ2) is 4.78. The number of carboxylic acids is 1. The fourth-order valence-corrected chi connectivity index (χ4v) is 0.976. The third-order valence-corrected chi connectivity index (χ3v) is 1.66. The van der Waals surface area contributed by atoms with E-state index < -0.39 is 12.0 Å². The van der Waals surface area contributed by atoms with E-state index in [0.29, 0.717) is 6.29 Å². The summed E-state index contributed by atoms with van der Waals surface area (Å²) in [5.74, 6) is -1.17. The molecule has 0 aliphatic heterocycles. The molecule has 0 fully saturated rings. The molecule has 7 nitrogen and oxygen atoms in total. The van der Waals surface area contributed by atoms with Crippen molar-refractivity contribution in [2.75, 3.05) is 0 Å². The quantitative estimate of drug-likeness (QED) is 0.590. The molecule has 7 heteroatoms. The van der Waals surface area contributed by atoms with Gasteiger partial charge in [0.15, 0.2) is 6.29 Å². The van der Waals surface area contributed by atoms with Crippen molar-refractivity contribution in [2.45, 2.75) is 0 Å². The standard InChI is InChI=1S/C9H7N3O4/c10-9(16)12-11-7-2-1-5(8(14)15)3-6(7)4-13/h1-4H,(H2,10,16)(H,14,15)/b12-11+. The van der Waals surface area contributed by atoms with Gasteiger partial charge < -0.3 is 10.8 Å². The highest BCUT2D eigenvalue weighted by Gasteiger charge is 2.07. The van der Waals surface area contributed by atoms with Gasteiger partial charge in [0.2, 0.25) is 0 Å². The molecule has 0 unspecified atom stereocenters. The molecule has 0 bridgehead atoms. The summed E-state index contributed by atoms with van der Waals surface area (Å²) in [6.07, 6.45) is 0.418. The minimum Gasteiger partial charge on any atom is -0.478 e. The van der Waals surface area contributed by atoms with Crippen LogP contribution in [0, 0.1) is 0 Å². The molecule has 0 aromatic heterocycles. The number of aromatic carboxylic acids is 1. The van der Waals surface area contributed by atoms with Gasteiger partial charge in [-0.1, -0.05) is 5.11 Å². The van der Waals surface area contributed by atoms with Gasteiger partial charge in [-0.25, -0.2) is 9.59 Å². The van der Waals surface area contributed by atoms with Crippen LogP contribution in [0.25, 0.3) is 0 Å². The molecule has 0 saturated carbocycles. The monoisotopic (exact) mass is 221 g/mol. The van der Waals surface area contributed by atoms with Crippen molar-refractivity contribution < 1.29 is 19.5 Å². The predicted octanol–water partition coefficient (Wildman–Crippen LogP) is 1.36. The van der Waals surface area contributed by atoms with Gasteiger partial charge in [0.25, 0.3) is 0 Å². The summed E-state index contributed by atoms with van der Waals surface area (Å²) < 4.78 is 0. The number of primary amides is 1. The van der Waals surface area contributed by atoms with E-state index in [0.717, 1.165) is 6.07 Å². The molecule has 0 radical (unpaired) electrons. The van der Waals surface area contributed by atoms with E-state index in [4.69, 9.17) is 10.8 Å². The van der Waals surface area contributed by atoms with Gasteiger partial charge in [-0.3, -0.25) is 4.79 Å². The van der Waals surface area contributed by atoms with Crippen molar-refractivity contribution >= 4 is 24.0 Å². The number of aldehydes is 1. The van der Waals surface area contributed by atoms with Gasteiger partial charge in [-0.2, -0.15) is 0 Å². The Balaban J connectivity index is 3.16. The second-order valence-electron chi connectivity index (χ2n) is 2.73. The minimum absolute atomic E-state index is 0.0184. The van der Waals surface area contributed by atoms with Gasteiger partial charge >= 0.3 is 12.0 Å². The Bertz CT molecular complexity index is 482. The molecule has 16 heavy (non-hydrogen) atoms. The average molecular weight is 221 g/mol. The molecule has 0 spiro atoms. The molecule has 2 amide bonds. The third-order valence-electron chi connectivity index (χ3n) is 1.66. The van der Waals surface area contributed by atoms with Crippen LogP contribution in [0.3, 0.4) is 0 Å². The van der Waals surface area contributed by atoms with Crippen LogP contribution >= 0.6 is 0 Å². The van der Waals surface area contributed by atoms with Crippen molar-refractivity contribution in [2.24, 2.45) is 16.0 Å². The van der Waals surface area contributed by atoms with Crippen molar-refractivity contribution in [3.8, 4) is 0 Å².